The second-order valence-electron chi connectivity index (χ2n) is 4.76. The molecular weight excluding hydrogens is 234 g/mol. The molecule has 0 radical (unpaired) electrons. The third-order valence-corrected chi connectivity index (χ3v) is 3.85. The van der Waals surface area contributed by atoms with Crippen molar-refractivity contribution in [2.24, 2.45) is 0 Å². The van der Waals surface area contributed by atoms with E-state index in [0.29, 0.717) is 6.04 Å². The second-order valence-corrected chi connectivity index (χ2v) is 5.17. The van der Waals surface area contributed by atoms with E-state index in [0.717, 1.165) is 29.3 Å². The topological polar surface area (TPSA) is 21.3 Å². The van der Waals surface area contributed by atoms with E-state index in [4.69, 9.17) is 16.3 Å². The molecule has 0 amide bonds. The van der Waals surface area contributed by atoms with Gasteiger partial charge in [0, 0.05) is 11.1 Å². The molecule has 2 rings (SSSR count). The molecule has 3 heteroatoms. The third-order valence-electron chi connectivity index (χ3n) is 3.44. The number of ether oxygens (including phenoxy) is 1. The zero-order valence-electron chi connectivity index (χ0n) is 10.6. The molecule has 0 aromatic heterocycles. The molecule has 1 aliphatic rings. The first-order valence-electron chi connectivity index (χ1n) is 6.27. The van der Waals surface area contributed by atoms with Crippen molar-refractivity contribution in [2.75, 3.05) is 13.7 Å². The summed E-state index contributed by atoms with van der Waals surface area (Å²) in [6, 6.07) is 4.64. The van der Waals surface area contributed by atoms with Gasteiger partial charge in [0.2, 0.25) is 0 Å². The Hall–Kier alpha value is -0.730. The molecule has 1 aromatic carbocycles. The summed E-state index contributed by atoms with van der Waals surface area (Å²) in [5, 5.41) is 4.38. The molecule has 0 spiro atoms. The zero-order chi connectivity index (χ0) is 12.3. The molecule has 17 heavy (non-hydrogen) atoms. The summed E-state index contributed by atoms with van der Waals surface area (Å²) in [5.74, 6) is 0.958. The highest BCUT2D eigenvalue weighted by atomic mass is 35.5. The summed E-state index contributed by atoms with van der Waals surface area (Å²) >= 11 is 6.18. The lowest BCUT2D eigenvalue weighted by molar-refractivity contribution is 0.381. The summed E-state index contributed by atoms with van der Waals surface area (Å²) < 4.78 is 5.44. The molecule has 1 saturated heterocycles. The van der Waals surface area contributed by atoms with Gasteiger partial charge in [-0.05, 0) is 56.0 Å². The van der Waals surface area contributed by atoms with Crippen molar-refractivity contribution in [1.82, 2.24) is 5.32 Å². The summed E-state index contributed by atoms with van der Waals surface area (Å²) in [4.78, 5) is 0. The Morgan fingerprint density at radius 1 is 1.41 bits per heavy atom. The third kappa shape index (κ3) is 3.14. The van der Waals surface area contributed by atoms with Gasteiger partial charge in [0.1, 0.15) is 5.75 Å². The summed E-state index contributed by atoms with van der Waals surface area (Å²) in [6.45, 7) is 3.14. The maximum absolute atomic E-state index is 6.18. The summed E-state index contributed by atoms with van der Waals surface area (Å²) in [6.07, 6.45) is 4.86. The minimum absolute atomic E-state index is 0.566. The standard InChI is InChI=1S/C14H20ClNO/c1-10-7-14(17-2)11(9-13(10)15)8-12-5-3-4-6-16-12/h7,9,12,16H,3-6,8H2,1-2H3. The normalized spacial score (nSPS) is 20.3. The number of benzene rings is 1. The molecule has 0 bridgehead atoms. The van der Waals surface area contributed by atoms with E-state index in [1.165, 1.54) is 24.8 Å². The average Bonchev–Trinajstić information content (AvgIpc) is 2.35. The van der Waals surface area contributed by atoms with Gasteiger partial charge < -0.3 is 10.1 Å². The summed E-state index contributed by atoms with van der Waals surface area (Å²) in [7, 11) is 1.72. The lowest BCUT2D eigenvalue weighted by Crippen LogP contribution is -2.35. The number of rotatable bonds is 3. The van der Waals surface area contributed by atoms with Gasteiger partial charge in [0.05, 0.1) is 7.11 Å². The predicted molar refractivity (Wildman–Crippen MR) is 72.1 cm³/mol. The van der Waals surface area contributed by atoms with Gasteiger partial charge in [-0.3, -0.25) is 0 Å². The van der Waals surface area contributed by atoms with Crippen LogP contribution in [0.5, 0.6) is 5.75 Å². The molecule has 0 saturated carbocycles. The Morgan fingerprint density at radius 3 is 2.88 bits per heavy atom. The Morgan fingerprint density at radius 2 is 2.24 bits per heavy atom. The Balaban J connectivity index is 2.15. The SMILES string of the molecule is COc1cc(C)c(Cl)cc1CC1CCCCN1. The number of hydrogen-bond donors (Lipinski definition) is 1. The maximum atomic E-state index is 6.18. The van der Waals surface area contributed by atoms with Gasteiger partial charge in [0.15, 0.2) is 0 Å². The van der Waals surface area contributed by atoms with Gasteiger partial charge in [0.25, 0.3) is 0 Å². The first kappa shape index (κ1) is 12.7. The molecule has 1 fully saturated rings. The van der Waals surface area contributed by atoms with Gasteiger partial charge >= 0.3 is 0 Å². The Kier molecular flexibility index (Phi) is 4.30. The van der Waals surface area contributed by atoms with Crippen LogP contribution in [-0.4, -0.2) is 19.7 Å². The molecule has 2 nitrogen and oxygen atoms in total. The van der Waals surface area contributed by atoms with Gasteiger partial charge in [-0.15, -0.1) is 0 Å². The fraction of sp³-hybridized carbons (Fsp3) is 0.571. The highest BCUT2D eigenvalue weighted by Crippen LogP contribution is 2.28. The van der Waals surface area contributed by atoms with E-state index in [2.05, 4.69) is 5.32 Å². The van der Waals surface area contributed by atoms with E-state index in [1.54, 1.807) is 7.11 Å². The van der Waals surface area contributed by atoms with Crippen molar-refractivity contribution in [3.05, 3.63) is 28.3 Å². The first-order chi connectivity index (χ1) is 8.20. The molecule has 1 N–H and O–H groups in total. The zero-order valence-corrected chi connectivity index (χ0v) is 11.3. The van der Waals surface area contributed by atoms with E-state index in [9.17, 15) is 0 Å². The second kappa shape index (κ2) is 5.74. The van der Waals surface area contributed by atoms with Crippen LogP contribution in [0.1, 0.15) is 30.4 Å². The molecule has 1 unspecified atom stereocenters. The van der Waals surface area contributed by atoms with Crippen molar-refractivity contribution in [2.45, 2.75) is 38.6 Å². The average molecular weight is 254 g/mol. The van der Waals surface area contributed by atoms with Crippen molar-refractivity contribution >= 4 is 11.6 Å². The van der Waals surface area contributed by atoms with E-state index >= 15 is 0 Å². The molecule has 1 aliphatic heterocycles. The molecule has 1 aromatic rings. The molecule has 0 aliphatic carbocycles. The van der Waals surface area contributed by atoms with Crippen molar-refractivity contribution in [3.63, 3.8) is 0 Å². The first-order valence-corrected chi connectivity index (χ1v) is 6.65. The Bertz CT molecular complexity index is 386. The van der Waals surface area contributed by atoms with Crippen molar-refractivity contribution < 1.29 is 4.74 Å². The highest BCUT2D eigenvalue weighted by Gasteiger charge is 2.16. The predicted octanol–water partition coefficient (Wildman–Crippen LogP) is 3.34. The monoisotopic (exact) mass is 253 g/mol. The van der Waals surface area contributed by atoms with Gasteiger partial charge in [-0.2, -0.15) is 0 Å². The minimum Gasteiger partial charge on any atom is -0.496 e. The van der Waals surface area contributed by atoms with Gasteiger partial charge in [-0.25, -0.2) is 0 Å². The van der Waals surface area contributed by atoms with Crippen molar-refractivity contribution in [1.29, 1.82) is 0 Å². The van der Waals surface area contributed by atoms with E-state index in [-0.39, 0.29) is 0 Å². The highest BCUT2D eigenvalue weighted by molar-refractivity contribution is 6.31. The quantitative estimate of drug-likeness (QED) is 0.892. The lowest BCUT2D eigenvalue weighted by Gasteiger charge is -2.24. The lowest BCUT2D eigenvalue weighted by atomic mass is 9.96. The smallest absolute Gasteiger partial charge is 0.122 e. The number of halogens is 1. The van der Waals surface area contributed by atoms with E-state index < -0.39 is 0 Å². The van der Waals surface area contributed by atoms with Crippen LogP contribution in [0, 0.1) is 6.92 Å². The fourth-order valence-electron chi connectivity index (χ4n) is 2.41. The summed E-state index contributed by atoms with van der Waals surface area (Å²) in [5.41, 5.74) is 2.28. The maximum Gasteiger partial charge on any atom is 0.122 e. The van der Waals surface area contributed by atoms with Crippen LogP contribution in [0.3, 0.4) is 0 Å². The van der Waals surface area contributed by atoms with Gasteiger partial charge in [-0.1, -0.05) is 18.0 Å². The van der Waals surface area contributed by atoms with E-state index in [1.807, 2.05) is 19.1 Å². The van der Waals surface area contributed by atoms with Crippen LogP contribution in [0.2, 0.25) is 5.02 Å². The van der Waals surface area contributed by atoms with Crippen LogP contribution in [0.15, 0.2) is 12.1 Å². The molecular formula is C14H20ClNO. The van der Waals surface area contributed by atoms with Crippen LogP contribution < -0.4 is 10.1 Å². The molecule has 94 valence electrons. The number of piperidine rings is 1. The van der Waals surface area contributed by atoms with Crippen LogP contribution in [0.4, 0.5) is 0 Å². The fourth-order valence-corrected chi connectivity index (χ4v) is 2.60. The number of methoxy groups -OCH3 is 1. The largest absolute Gasteiger partial charge is 0.496 e. The van der Waals surface area contributed by atoms with Crippen LogP contribution >= 0.6 is 11.6 Å². The number of hydrogen-bond acceptors (Lipinski definition) is 2. The molecule has 1 atom stereocenters. The Labute approximate surface area is 108 Å². The number of aryl methyl sites for hydroxylation is 1. The van der Waals surface area contributed by atoms with Crippen molar-refractivity contribution in [3.8, 4) is 5.75 Å². The minimum atomic E-state index is 0.566. The molecule has 1 heterocycles. The number of nitrogens with one attached hydrogen (secondary N) is 1. The van der Waals surface area contributed by atoms with Crippen LogP contribution in [-0.2, 0) is 6.42 Å². The van der Waals surface area contributed by atoms with Crippen LogP contribution in [0.25, 0.3) is 0 Å².